The molecule has 18 heavy (non-hydrogen) atoms. The number of anilines is 2. The van der Waals surface area contributed by atoms with Crippen molar-refractivity contribution in [1.29, 1.82) is 0 Å². The van der Waals surface area contributed by atoms with Crippen molar-refractivity contribution in [3.63, 3.8) is 0 Å². The zero-order chi connectivity index (χ0) is 13.2. The lowest BCUT2D eigenvalue weighted by Gasteiger charge is -2.08. The van der Waals surface area contributed by atoms with Gasteiger partial charge in [0.15, 0.2) is 0 Å². The molecular formula is C9H9F3N6. The van der Waals surface area contributed by atoms with Gasteiger partial charge in [0.25, 0.3) is 0 Å². The van der Waals surface area contributed by atoms with Crippen molar-refractivity contribution in [2.45, 2.75) is 12.7 Å². The number of rotatable bonds is 3. The molecule has 0 bridgehead atoms. The molecule has 9 heteroatoms. The number of nitrogens with one attached hydrogen (secondary N) is 2. The monoisotopic (exact) mass is 258 g/mol. The molecule has 0 amide bonds. The van der Waals surface area contributed by atoms with E-state index in [0.717, 1.165) is 12.3 Å². The van der Waals surface area contributed by atoms with Gasteiger partial charge in [0.1, 0.15) is 11.5 Å². The van der Waals surface area contributed by atoms with Gasteiger partial charge in [-0.3, -0.25) is 5.10 Å². The second kappa shape index (κ2) is 4.51. The van der Waals surface area contributed by atoms with E-state index in [1.807, 2.05) is 0 Å². The maximum Gasteiger partial charge on any atom is 0.433 e. The van der Waals surface area contributed by atoms with Crippen molar-refractivity contribution in [2.24, 2.45) is 0 Å². The van der Waals surface area contributed by atoms with E-state index in [4.69, 9.17) is 5.73 Å². The molecule has 2 aromatic rings. The van der Waals surface area contributed by atoms with Gasteiger partial charge < -0.3 is 11.1 Å². The van der Waals surface area contributed by atoms with Gasteiger partial charge in [-0.15, -0.1) is 0 Å². The highest BCUT2D eigenvalue weighted by Gasteiger charge is 2.32. The molecule has 0 aliphatic rings. The molecule has 4 N–H and O–H groups in total. The molecule has 2 rings (SSSR count). The maximum atomic E-state index is 12.4. The summed E-state index contributed by atoms with van der Waals surface area (Å²) in [5, 5.41) is 8.83. The molecule has 6 nitrogen and oxygen atoms in total. The molecule has 0 saturated carbocycles. The van der Waals surface area contributed by atoms with E-state index in [0.29, 0.717) is 11.4 Å². The quantitative estimate of drug-likeness (QED) is 0.774. The highest BCUT2D eigenvalue weighted by atomic mass is 19.4. The van der Waals surface area contributed by atoms with Crippen molar-refractivity contribution in [3.8, 4) is 0 Å². The van der Waals surface area contributed by atoms with Crippen LogP contribution >= 0.6 is 0 Å². The SMILES string of the molecule is Nc1[nH]ncc1CNc1nccc(C(F)(F)F)n1. The summed E-state index contributed by atoms with van der Waals surface area (Å²) in [5.41, 5.74) is 5.15. The smallest absolute Gasteiger partial charge is 0.384 e. The van der Waals surface area contributed by atoms with Crippen LogP contribution < -0.4 is 11.1 Å². The molecule has 0 atom stereocenters. The Hall–Kier alpha value is -2.32. The Balaban J connectivity index is 2.09. The van der Waals surface area contributed by atoms with Gasteiger partial charge in [-0.2, -0.15) is 18.3 Å². The molecule has 0 saturated heterocycles. The van der Waals surface area contributed by atoms with Crippen molar-refractivity contribution in [3.05, 3.63) is 29.7 Å². The lowest BCUT2D eigenvalue weighted by Crippen LogP contribution is -2.11. The predicted octanol–water partition coefficient (Wildman–Crippen LogP) is 1.41. The molecule has 0 radical (unpaired) electrons. The van der Waals surface area contributed by atoms with E-state index in [-0.39, 0.29) is 12.5 Å². The van der Waals surface area contributed by atoms with Crippen LogP contribution in [0.2, 0.25) is 0 Å². The Morgan fingerprint density at radius 3 is 2.78 bits per heavy atom. The summed E-state index contributed by atoms with van der Waals surface area (Å²) in [7, 11) is 0. The fourth-order valence-corrected chi connectivity index (χ4v) is 1.24. The number of H-pyrrole nitrogens is 1. The van der Waals surface area contributed by atoms with E-state index in [1.165, 1.54) is 6.20 Å². The number of nitrogens with two attached hydrogens (primary N) is 1. The number of aromatic amines is 1. The summed E-state index contributed by atoms with van der Waals surface area (Å²) in [6, 6.07) is 0.803. The highest BCUT2D eigenvalue weighted by Crippen LogP contribution is 2.27. The molecule has 0 aliphatic carbocycles. The second-order valence-electron chi connectivity index (χ2n) is 3.43. The Morgan fingerprint density at radius 1 is 1.39 bits per heavy atom. The molecule has 0 unspecified atom stereocenters. The van der Waals surface area contributed by atoms with Crippen LogP contribution in [0.3, 0.4) is 0 Å². The average molecular weight is 258 g/mol. The van der Waals surface area contributed by atoms with Crippen LogP contribution in [-0.4, -0.2) is 20.2 Å². The van der Waals surface area contributed by atoms with Gasteiger partial charge in [0, 0.05) is 18.3 Å². The molecule has 0 aromatic carbocycles. The van der Waals surface area contributed by atoms with E-state index in [9.17, 15) is 13.2 Å². The van der Waals surface area contributed by atoms with Crippen LogP contribution in [0.1, 0.15) is 11.3 Å². The summed E-state index contributed by atoms with van der Waals surface area (Å²) in [5.74, 6) is 0.222. The number of hydrogen-bond donors (Lipinski definition) is 3. The Morgan fingerprint density at radius 2 is 2.17 bits per heavy atom. The van der Waals surface area contributed by atoms with E-state index in [1.54, 1.807) is 0 Å². The third kappa shape index (κ3) is 2.67. The van der Waals surface area contributed by atoms with Crippen LogP contribution in [-0.2, 0) is 12.7 Å². The lowest BCUT2D eigenvalue weighted by molar-refractivity contribution is -0.141. The first-order chi connectivity index (χ1) is 8.47. The topological polar surface area (TPSA) is 92.5 Å². The van der Waals surface area contributed by atoms with Gasteiger partial charge in [0.2, 0.25) is 5.95 Å². The van der Waals surface area contributed by atoms with Crippen molar-refractivity contribution < 1.29 is 13.2 Å². The predicted molar refractivity (Wildman–Crippen MR) is 57.4 cm³/mol. The summed E-state index contributed by atoms with van der Waals surface area (Å²) in [6.07, 6.45) is -1.99. The number of hydrogen-bond acceptors (Lipinski definition) is 5. The molecule has 0 fully saturated rings. The molecule has 96 valence electrons. The maximum absolute atomic E-state index is 12.4. The van der Waals surface area contributed by atoms with Crippen LogP contribution in [0.25, 0.3) is 0 Å². The summed E-state index contributed by atoms with van der Waals surface area (Å²) >= 11 is 0. The van der Waals surface area contributed by atoms with Gasteiger partial charge >= 0.3 is 6.18 Å². The number of nitrogens with zero attached hydrogens (tertiary/aromatic N) is 3. The van der Waals surface area contributed by atoms with Crippen molar-refractivity contribution in [1.82, 2.24) is 20.2 Å². The normalized spacial score (nSPS) is 11.5. The fourth-order valence-electron chi connectivity index (χ4n) is 1.24. The van der Waals surface area contributed by atoms with E-state index in [2.05, 4.69) is 25.5 Å². The summed E-state index contributed by atoms with van der Waals surface area (Å²) in [4.78, 5) is 7.04. The number of alkyl halides is 3. The first-order valence-corrected chi connectivity index (χ1v) is 4.88. The molecule has 2 aromatic heterocycles. The van der Waals surface area contributed by atoms with Crippen molar-refractivity contribution in [2.75, 3.05) is 11.1 Å². The third-order valence-electron chi connectivity index (χ3n) is 2.13. The van der Waals surface area contributed by atoms with Crippen LogP contribution in [0.15, 0.2) is 18.5 Å². The molecule has 0 spiro atoms. The van der Waals surface area contributed by atoms with Crippen LogP contribution in [0.5, 0.6) is 0 Å². The zero-order valence-corrected chi connectivity index (χ0v) is 8.99. The van der Waals surface area contributed by atoms with Gasteiger partial charge in [-0.25, -0.2) is 9.97 Å². The number of aromatic nitrogens is 4. The molecule has 0 aliphatic heterocycles. The number of halogens is 3. The summed E-state index contributed by atoms with van der Waals surface area (Å²) < 4.78 is 37.2. The van der Waals surface area contributed by atoms with E-state index >= 15 is 0 Å². The first kappa shape index (κ1) is 12.1. The Kier molecular flexibility index (Phi) is 3.04. The van der Waals surface area contributed by atoms with Crippen LogP contribution in [0.4, 0.5) is 24.9 Å². The van der Waals surface area contributed by atoms with Crippen molar-refractivity contribution >= 4 is 11.8 Å². The first-order valence-electron chi connectivity index (χ1n) is 4.88. The second-order valence-corrected chi connectivity index (χ2v) is 3.43. The summed E-state index contributed by atoms with van der Waals surface area (Å²) in [6.45, 7) is 0.184. The number of nitrogen functional groups attached to an aromatic ring is 1. The standard InChI is InChI=1S/C9H9F3N6/c10-9(11,12)6-1-2-14-8(17-6)15-3-5-4-16-18-7(5)13/h1-2,4H,3H2,(H3,13,16,18)(H,14,15,17). The lowest BCUT2D eigenvalue weighted by atomic mass is 10.3. The van der Waals surface area contributed by atoms with Gasteiger partial charge in [0.05, 0.1) is 6.20 Å². The minimum atomic E-state index is -4.49. The molecular weight excluding hydrogens is 249 g/mol. The van der Waals surface area contributed by atoms with Crippen LogP contribution in [0, 0.1) is 0 Å². The highest BCUT2D eigenvalue weighted by molar-refractivity contribution is 5.39. The Labute approximate surface area is 99.4 Å². The zero-order valence-electron chi connectivity index (χ0n) is 8.99. The minimum Gasteiger partial charge on any atom is -0.384 e. The van der Waals surface area contributed by atoms with E-state index < -0.39 is 11.9 Å². The van der Waals surface area contributed by atoms with Gasteiger partial charge in [-0.05, 0) is 6.07 Å². The average Bonchev–Trinajstić information content (AvgIpc) is 2.72. The van der Waals surface area contributed by atoms with Gasteiger partial charge in [-0.1, -0.05) is 0 Å². The molecule has 2 heterocycles. The fraction of sp³-hybridized carbons (Fsp3) is 0.222. The minimum absolute atomic E-state index is 0.120. The largest absolute Gasteiger partial charge is 0.433 e. The Bertz CT molecular complexity index is 535. The third-order valence-corrected chi connectivity index (χ3v) is 2.13.